The van der Waals surface area contributed by atoms with Crippen LogP contribution in [0, 0.1) is 6.92 Å². The number of aromatic nitrogens is 4. The first kappa shape index (κ1) is 17.0. The maximum absolute atomic E-state index is 13.0. The predicted octanol–water partition coefficient (Wildman–Crippen LogP) is 2.97. The third-order valence-electron chi connectivity index (χ3n) is 4.32. The summed E-state index contributed by atoms with van der Waals surface area (Å²) in [6, 6.07) is 13.0. The van der Waals surface area contributed by atoms with Crippen LogP contribution >= 0.6 is 0 Å². The summed E-state index contributed by atoms with van der Waals surface area (Å²) in [6.45, 7) is 3.90. The highest BCUT2D eigenvalue weighted by Gasteiger charge is 2.36. The molecule has 7 heteroatoms. The number of rotatable bonds is 4. The molecule has 0 fully saturated rings. The zero-order valence-electron chi connectivity index (χ0n) is 15.1. The van der Waals surface area contributed by atoms with Crippen LogP contribution in [0.3, 0.4) is 0 Å². The van der Waals surface area contributed by atoms with E-state index < -0.39 is 12.0 Å². The Morgan fingerprint density at radius 3 is 2.74 bits per heavy atom. The second kappa shape index (κ2) is 7.03. The monoisotopic (exact) mass is 361 g/mol. The fraction of sp³-hybridized carbons (Fsp3) is 0.200. The molecule has 3 aromatic rings. The number of fused-ring (bicyclic) bond motifs is 1. The van der Waals surface area contributed by atoms with E-state index in [1.165, 1.54) is 0 Å². The minimum atomic E-state index is -0.481. The Hall–Kier alpha value is -3.48. The molecule has 136 valence electrons. The highest BCUT2D eigenvalue weighted by atomic mass is 16.5. The number of aryl methyl sites for hydroxylation is 1. The van der Waals surface area contributed by atoms with Crippen molar-refractivity contribution in [1.29, 1.82) is 0 Å². The van der Waals surface area contributed by atoms with Gasteiger partial charge in [0.1, 0.15) is 11.9 Å². The van der Waals surface area contributed by atoms with Crippen LogP contribution in [0.5, 0.6) is 0 Å². The lowest BCUT2D eigenvalue weighted by Gasteiger charge is -2.29. The lowest BCUT2D eigenvalue weighted by molar-refractivity contribution is -0.138. The molecule has 7 nitrogen and oxygen atoms in total. The standard InChI is InChI=1S/C20H19N5O2/c1-3-27-19(26)16-17(14-8-5-4-6-9-14)23-20-22-13(2)24-25(20)18(16)15-10-7-11-21-12-15/h4-12,18H,3H2,1-2H3,(H,22,23,24)/t18-/m0/s1. The number of ether oxygens (including phenoxy) is 1. The van der Waals surface area contributed by atoms with Gasteiger partial charge in [-0.3, -0.25) is 4.98 Å². The quantitative estimate of drug-likeness (QED) is 0.720. The molecule has 1 aromatic carbocycles. The van der Waals surface area contributed by atoms with Gasteiger partial charge in [-0.2, -0.15) is 10.1 Å². The smallest absolute Gasteiger partial charge is 0.338 e. The summed E-state index contributed by atoms with van der Waals surface area (Å²) in [4.78, 5) is 21.7. The summed E-state index contributed by atoms with van der Waals surface area (Å²) in [5.74, 6) is 0.800. The number of anilines is 1. The van der Waals surface area contributed by atoms with Gasteiger partial charge in [0.2, 0.25) is 5.95 Å². The molecular formula is C20H19N5O2. The van der Waals surface area contributed by atoms with Crippen LogP contribution in [0.25, 0.3) is 5.70 Å². The minimum absolute atomic E-state index is 0.285. The zero-order chi connectivity index (χ0) is 18.8. The van der Waals surface area contributed by atoms with Crippen molar-refractivity contribution in [2.24, 2.45) is 0 Å². The molecule has 0 bridgehead atoms. The van der Waals surface area contributed by atoms with Crippen molar-refractivity contribution in [3.8, 4) is 0 Å². The third-order valence-corrected chi connectivity index (χ3v) is 4.32. The first-order chi connectivity index (χ1) is 13.2. The number of benzene rings is 1. The van der Waals surface area contributed by atoms with E-state index in [0.29, 0.717) is 23.0 Å². The Kier molecular flexibility index (Phi) is 4.42. The molecule has 4 rings (SSSR count). The van der Waals surface area contributed by atoms with Crippen molar-refractivity contribution in [3.63, 3.8) is 0 Å². The summed E-state index contributed by atoms with van der Waals surface area (Å²) in [6.07, 6.45) is 3.43. The molecule has 0 spiro atoms. The van der Waals surface area contributed by atoms with Gasteiger partial charge in [0.25, 0.3) is 0 Å². The van der Waals surface area contributed by atoms with Gasteiger partial charge in [-0.25, -0.2) is 9.48 Å². The van der Waals surface area contributed by atoms with Crippen LogP contribution in [-0.4, -0.2) is 32.3 Å². The van der Waals surface area contributed by atoms with E-state index in [1.54, 1.807) is 24.0 Å². The fourth-order valence-electron chi connectivity index (χ4n) is 3.23. The summed E-state index contributed by atoms with van der Waals surface area (Å²) in [5, 5.41) is 7.77. The fourth-order valence-corrected chi connectivity index (χ4v) is 3.23. The average molecular weight is 361 g/mol. The highest BCUT2D eigenvalue weighted by Crippen LogP contribution is 2.38. The summed E-state index contributed by atoms with van der Waals surface area (Å²) in [5.41, 5.74) is 2.86. The number of pyridine rings is 1. The predicted molar refractivity (Wildman–Crippen MR) is 101 cm³/mol. The molecule has 0 saturated carbocycles. The van der Waals surface area contributed by atoms with Gasteiger partial charge in [-0.05, 0) is 31.0 Å². The van der Waals surface area contributed by atoms with Crippen molar-refractivity contribution in [1.82, 2.24) is 19.7 Å². The normalized spacial score (nSPS) is 15.9. The Morgan fingerprint density at radius 1 is 1.22 bits per heavy atom. The van der Waals surface area contributed by atoms with Crippen molar-refractivity contribution in [3.05, 3.63) is 77.4 Å². The second-order valence-corrected chi connectivity index (χ2v) is 6.12. The molecule has 3 heterocycles. The molecular weight excluding hydrogens is 342 g/mol. The number of carbonyl (C=O) groups excluding carboxylic acids is 1. The van der Waals surface area contributed by atoms with Gasteiger partial charge in [0.05, 0.1) is 17.9 Å². The lowest BCUT2D eigenvalue weighted by Crippen LogP contribution is -2.30. The topological polar surface area (TPSA) is 81.9 Å². The van der Waals surface area contributed by atoms with Crippen LogP contribution in [0.1, 0.15) is 29.9 Å². The summed E-state index contributed by atoms with van der Waals surface area (Å²) < 4.78 is 7.10. The van der Waals surface area contributed by atoms with E-state index in [2.05, 4.69) is 20.4 Å². The molecule has 0 saturated heterocycles. The zero-order valence-corrected chi connectivity index (χ0v) is 15.1. The number of nitrogens with one attached hydrogen (secondary N) is 1. The van der Waals surface area contributed by atoms with Gasteiger partial charge in [0, 0.05) is 12.4 Å². The van der Waals surface area contributed by atoms with Crippen molar-refractivity contribution in [2.45, 2.75) is 19.9 Å². The van der Waals surface area contributed by atoms with E-state index >= 15 is 0 Å². The van der Waals surface area contributed by atoms with Crippen LogP contribution in [0.15, 0.2) is 60.4 Å². The van der Waals surface area contributed by atoms with Crippen LogP contribution in [0.2, 0.25) is 0 Å². The third kappa shape index (κ3) is 3.08. The highest BCUT2D eigenvalue weighted by molar-refractivity contribution is 6.02. The maximum Gasteiger partial charge on any atom is 0.338 e. The Bertz CT molecular complexity index is 996. The molecule has 0 amide bonds. The van der Waals surface area contributed by atoms with Crippen LogP contribution in [-0.2, 0) is 9.53 Å². The number of hydrogen-bond acceptors (Lipinski definition) is 6. The first-order valence-corrected chi connectivity index (χ1v) is 8.76. The Morgan fingerprint density at radius 2 is 2.04 bits per heavy atom. The second-order valence-electron chi connectivity index (χ2n) is 6.12. The van der Waals surface area contributed by atoms with Gasteiger partial charge < -0.3 is 10.1 Å². The molecule has 0 radical (unpaired) electrons. The molecule has 1 aliphatic heterocycles. The van der Waals surface area contributed by atoms with Crippen LogP contribution in [0.4, 0.5) is 5.95 Å². The number of esters is 1. The van der Waals surface area contributed by atoms with Gasteiger partial charge in [-0.15, -0.1) is 0 Å². The molecule has 1 atom stereocenters. The van der Waals surface area contributed by atoms with Gasteiger partial charge in [-0.1, -0.05) is 36.4 Å². The Balaban J connectivity index is 1.98. The summed E-state index contributed by atoms with van der Waals surface area (Å²) >= 11 is 0. The molecule has 0 unspecified atom stereocenters. The molecule has 2 aromatic heterocycles. The van der Waals surface area contributed by atoms with E-state index in [9.17, 15) is 4.79 Å². The van der Waals surface area contributed by atoms with Gasteiger partial charge >= 0.3 is 5.97 Å². The van der Waals surface area contributed by atoms with E-state index in [0.717, 1.165) is 11.1 Å². The number of hydrogen-bond donors (Lipinski definition) is 1. The SMILES string of the molecule is CCOC(=O)C1=C(c2ccccc2)Nc2nc(C)nn2[C@H]1c1cccnc1. The van der Waals surface area contributed by atoms with Crippen LogP contribution < -0.4 is 5.32 Å². The van der Waals surface area contributed by atoms with Gasteiger partial charge in [0.15, 0.2) is 0 Å². The largest absolute Gasteiger partial charge is 0.463 e. The van der Waals surface area contributed by atoms with Crippen molar-refractivity contribution < 1.29 is 9.53 Å². The molecule has 1 N–H and O–H groups in total. The summed E-state index contributed by atoms with van der Waals surface area (Å²) in [7, 11) is 0. The Labute approximate surface area is 156 Å². The van der Waals surface area contributed by atoms with E-state index in [1.807, 2.05) is 49.4 Å². The van der Waals surface area contributed by atoms with Crippen molar-refractivity contribution >= 4 is 17.6 Å². The maximum atomic E-state index is 13.0. The van der Waals surface area contributed by atoms with E-state index in [4.69, 9.17) is 4.74 Å². The van der Waals surface area contributed by atoms with Crippen molar-refractivity contribution in [2.75, 3.05) is 11.9 Å². The molecule has 1 aliphatic rings. The first-order valence-electron chi connectivity index (χ1n) is 8.76. The lowest BCUT2D eigenvalue weighted by atomic mass is 9.94. The average Bonchev–Trinajstić information content (AvgIpc) is 3.08. The minimum Gasteiger partial charge on any atom is -0.463 e. The number of nitrogens with zero attached hydrogens (tertiary/aromatic N) is 4. The van der Waals surface area contributed by atoms with E-state index in [-0.39, 0.29) is 6.61 Å². The molecule has 27 heavy (non-hydrogen) atoms. The number of carbonyl (C=O) groups is 1. The molecule has 0 aliphatic carbocycles.